The number of hydrogen-bond acceptors (Lipinski definition) is 7. The minimum atomic E-state index is -1.43. The lowest BCUT2D eigenvalue weighted by Crippen LogP contribution is -2.17. The molecule has 0 unspecified atom stereocenters. The standard InChI is InChI=1S/C24H19N3O8S/c1-13-10-16(27(34)35)5-9-20(13)26-21(28)12-36-17-6-3-15(4-7-17)25-22(29)18-8-2-14(23(30)31)11-19(18)24(32)33/h2-11H,12H2,1H3,(H,25,29)(H,26,28)(H,30,31)(H,32,33). The Bertz CT molecular complexity index is 1370. The van der Waals surface area contributed by atoms with Gasteiger partial charge >= 0.3 is 11.9 Å². The molecule has 0 aliphatic heterocycles. The van der Waals surface area contributed by atoms with E-state index in [-0.39, 0.29) is 28.5 Å². The maximum absolute atomic E-state index is 12.6. The number of carboxylic acid groups (broad SMARTS) is 2. The first-order chi connectivity index (χ1) is 17.0. The Balaban J connectivity index is 1.59. The molecule has 0 aliphatic carbocycles. The van der Waals surface area contributed by atoms with Gasteiger partial charge in [-0.25, -0.2) is 9.59 Å². The van der Waals surface area contributed by atoms with Crippen LogP contribution >= 0.6 is 11.8 Å². The number of hydrogen-bond donors (Lipinski definition) is 4. The number of carbonyl (C=O) groups excluding carboxylic acids is 2. The number of anilines is 2. The molecule has 2 amide bonds. The van der Waals surface area contributed by atoms with E-state index in [1.54, 1.807) is 31.2 Å². The molecule has 12 heteroatoms. The topological polar surface area (TPSA) is 176 Å². The second-order valence-corrected chi connectivity index (χ2v) is 8.49. The van der Waals surface area contributed by atoms with E-state index in [0.29, 0.717) is 16.9 Å². The van der Waals surface area contributed by atoms with Crippen molar-refractivity contribution >= 4 is 52.6 Å². The molecule has 4 N–H and O–H groups in total. The van der Waals surface area contributed by atoms with Crippen molar-refractivity contribution in [3.63, 3.8) is 0 Å². The molecule has 3 aromatic carbocycles. The van der Waals surface area contributed by atoms with E-state index < -0.39 is 28.3 Å². The smallest absolute Gasteiger partial charge is 0.336 e. The van der Waals surface area contributed by atoms with Crippen molar-refractivity contribution in [1.29, 1.82) is 0 Å². The van der Waals surface area contributed by atoms with Crippen LogP contribution in [0.5, 0.6) is 0 Å². The van der Waals surface area contributed by atoms with E-state index in [2.05, 4.69) is 10.6 Å². The van der Waals surface area contributed by atoms with Gasteiger partial charge in [-0.05, 0) is 61.0 Å². The fraction of sp³-hybridized carbons (Fsp3) is 0.0833. The predicted molar refractivity (Wildman–Crippen MR) is 132 cm³/mol. The highest BCUT2D eigenvalue weighted by atomic mass is 32.2. The first-order valence-corrected chi connectivity index (χ1v) is 11.2. The molecule has 0 radical (unpaired) electrons. The van der Waals surface area contributed by atoms with Gasteiger partial charge in [-0.15, -0.1) is 11.8 Å². The molecule has 0 aliphatic rings. The molecular formula is C24H19N3O8S. The van der Waals surface area contributed by atoms with E-state index in [9.17, 15) is 34.4 Å². The Kier molecular flexibility index (Phi) is 8.02. The van der Waals surface area contributed by atoms with E-state index in [0.717, 1.165) is 23.1 Å². The van der Waals surface area contributed by atoms with Crippen molar-refractivity contribution < 1.29 is 34.3 Å². The molecule has 11 nitrogen and oxygen atoms in total. The number of thioether (sulfide) groups is 1. The number of amides is 2. The molecule has 0 spiro atoms. The molecule has 0 saturated carbocycles. The second kappa shape index (κ2) is 11.1. The maximum atomic E-state index is 12.6. The summed E-state index contributed by atoms with van der Waals surface area (Å²) in [5.74, 6) is -3.70. The number of aryl methyl sites for hydroxylation is 1. The van der Waals surface area contributed by atoms with Crippen molar-refractivity contribution in [1.82, 2.24) is 0 Å². The number of non-ortho nitro benzene ring substituents is 1. The van der Waals surface area contributed by atoms with Gasteiger partial charge in [0, 0.05) is 28.4 Å². The Morgan fingerprint density at radius 1 is 0.889 bits per heavy atom. The number of nitrogens with zero attached hydrogens (tertiary/aromatic N) is 1. The van der Waals surface area contributed by atoms with Crippen molar-refractivity contribution in [2.75, 3.05) is 16.4 Å². The summed E-state index contributed by atoms with van der Waals surface area (Å²) in [5, 5.41) is 34.5. The summed E-state index contributed by atoms with van der Waals surface area (Å²) >= 11 is 1.23. The summed E-state index contributed by atoms with van der Waals surface area (Å²) < 4.78 is 0. The van der Waals surface area contributed by atoms with Gasteiger partial charge in [-0.1, -0.05) is 0 Å². The quantitative estimate of drug-likeness (QED) is 0.186. The lowest BCUT2D eigenvalue weighted by molar-refractivity contribution is -0.384. The molecule has 0 fully saturated rings. The van der Waals surface area contributed by atoms with Gasteiger partial charge in [0.2, 0.25) is 5.91 Å². The minimum absolute atomic E-state index is 0.0662. The molecule has 36 heavy (non-hydrogen) atoms. The van der Waals surface area contributed by atoms with E-state index in [4.69, 9.17) is 5.11 Å². The second-order valence-electron chi connectivity index (χ2n) is 7.44. The van der Waals surface area contributed by atoms with Gasteiger partial charge in [-0.2, -0.15) is 0 Å². The molecule has 0 bridgehead atoms. The van der Waals surface area contributed by atoms with Crippen LogP contribution in [0, 0.1) is 17.0 Å². The van der Waals surface area contributed by atoms with Crippen LogP contribution in [0.25, 0.3) is 0 Å². The predicted octanol–water partition coefficient (Wildman–Crippen LogP) is 4.28. The zero-order chi connectivity index (χ0) is 26.4. The zero-order valence-electron chi connectivity index (χ0n) is 18.7. The summed E-state index contributed by atoms with van der Waals surface area (Å²) in [6.45, 7) is 1.66. The van der Waals surface area contributed by atoms with Crippen LogP contribution in [0.1, 0.15) is 36.6 Å². The van der Waals surface area contributed by atoms with Gasteiger partial charge in [0.05, 0.1) is 27.4 Å². The number of nitro benzene ring substituents is 1. The van der Waals surface area contributed by atoms with Gasteiger partial charge in [0.1, 0.15) is 0 Å². The number of nitro groups is 1. The average molecular weight is 509 g/mol. The number of rotatable bonds is 9. The first-order valence-electron chi connectivity index (χ1n) is 10.2. The van der Waals surface area contributed by atoms with Crippen LogP contribution in [0.15, 0.2) is 65.6 Å². The normalized spacial score (nSPS) is 10.4. The highest BCUT2D eigenvalue weighted by molar-refractivity contribution is 8.00. The van der Waals surface area contributed by atoms with E-state index in [1.807, 2.05) is 0 Å². The van der Waals surface area contributed by atoms with Crippen LogP contribution in [-0.4, -0.2) is 44.6 Å². The van der Waals surface area contributed by atoms with Crippen LogP contribution in [0.3, 0.4) is 0 Å². The molecule has 0 atom stereocenters. The third kappa shape index (κ3) is 6.45. The van der Waals surface area contributed by atoms with Crippen molar-refractivity contribution in [3.8, 4) is 0 Å². The Labute approximate surface area is 208 Å². The Morgan fingerprint density at radius 2 is 1.58 bits per heavy atom. The summed E-state index contributed by atoms with van der Waals surface area (Å²) in [7, 11) is 0. The average Bonchev–Trinajstić information content (AvgIpc) is 2.84. The zero-order valence-corrected chi connectivity index (χ0v) is 19.5. The lowest BCUT2D eigenvalue weighted by atomic mass is 10.0. The van der Waals surface area contributed by atoms with Crippen LogP contribution in [0.2, 0.25) is 0 Å². The summed E-state index contributed by atoms with van der Waals surface area (Å²) in [5.41, 5.74) is 0.459. The van der Waals surface area contributed by atoms with Gasteiger partial charge in [-0.3, -0.25) is 19.7 Å². The molecule has 0 aromatic heterocycles. The number of benzene rings is 3. The van der Waals surface area contributed by atoms with Crippen molar-refractivity contribution in [2.24, 2.45) is 0 Å². The SMILES string of the molecule is Cc1cc([N+](=O)[O-])ccc1NC(=O)CSc1ccc(NC(=O)c2ccc(C(=O)O)cc2C(=O)O)cc1. The molecule has 184 valence electrons. The monoisotopic (exact) mass is 509 g/mol. The van der Waals surface area contributed by atoms with E-state index in [1.165, 1.54) is 30.0 Å². The highest BCUT2D eigenvalue weighted by Gasteiger charge is 2.19. The van der Waals surface area contributed by atoms with Gasteiger partial charge in [0.15, 0.2) is 0 Å². The number of carboxylic acids is 2. The molecule has 0 saturated heterocycles. The number of aromatic carboxylic acids is 2. The van der Waals surface area contributed by atoms with E-state index >= 15 is 0 Å². The third-order valence-corrected chi connectivity index (χ3v) is 5.93. The van der Waals surface area contributed by atoms with Gasteiger partial charge < -0.3 is 20.8 Å². The number of carbonyl (C=O) groups is 4. The lowest BCUT2D eigenvalue weighted by Gasteiger charge is -2.10. The molecule has 3 rings (SSSR count). The molecule has 0 heterocycles. The minimum Gasteiger partial charge on any atom is -0.478 e. The first kappa shape index (κ1) is 25.9. The Hall–Kier alpha value is -4.71. The highest BCUT2D eigenvalue weighted by Crippen LogP contribution is 2.24. The Morgan fingerprint density at radius 3 is 2.17 bits per heavy atom. The molecule has 3 aromatic rings. The fourth-order valence-corrected chi connectivity index (χ4v) is 3.82. The fourth-order valence-electron chi connectivity index (χ4n) is 3.12. The summed E-state index contributed by atoms with van der Waals surface area (Å²) in [6.07, 6.45) is 0. The van der Waals surface area contributed by atoms with Crippen molar-refractivity contribution in [3.05, 3.63) is 93.0 Å². The van der Waals surface area contributed by atoms with Crippen molar-refractivity contribution in [2.45, 2.75) is 11.8 Å². The maximum Gasteiger partial charge on any atom is 0.336 e. The van der Waals surface area contributed by atoms with Crippen LogP contribution in [0.4, 0.5) is 17.1 Å². The molecular weight excluding hydrogens is 490 g/mol. The van der Waals surface area contributed by atoms with Crippen LogP contribution < -0.4 is 10.6 Å². The summed E-state index contributed by atoms with van der Waals surface area (Å²) in [6, 6.07) is 13.8. The van der Waals surface area contributed by atoms with Gasteiger partial charge in [0.25, 0.3) is 11.6 Å². The summed E-state index contributed by atoms with van der Waals surface area (Å²) in [4.78, 5) is 58.4. The van der Waals surface area contributed by atoms with Crippen LogP contribution in [-0.2, 0) is 4.79 Å². The third-order valence-electron chi connectivity index (χ3n) is 4.92. The number of nitrogens with one attached hydrogen (secondary N) is 2. The largest absolute Gasteiger partial charge is 0.478 e.